The van der Waals surface area contributed by atoms with Gasteiger partial charge in [0.25, 0.3) is 5.69 Å². The van der Waals surface area contributed by atoms with Gasteiger partial charge in [-0.2, -0.15) is 0 Å². The summed E-state index contributed by atoms with van der Waals surface area (Å²) in [6.45, 7) is 2.89. The van der Waals surface area contributed by atoms with Gasteiger partial charge in [-0.3, -0.25) is 19.7 Å². The van der Waals surface area contributed by atoms with Crippen LogP contribution in [0.3, 0.4) is 0 Å². The van der Waals surface area contributed by atoms with Gasteiger partial charge in [-0.15, -0.1) is 0 Å². The number of hydrogen-bond donors (Lipinski definition) is 4. The van der Waals surface area contributed by atoms with Gasteiger partial charge in [0, 0.05) is 12.1 Å². The molecule has 0 fully saturated rings. The van der Waals surface area contributed by atoms with E-state index in [1.54, 1.807) is 14.0 Å². The van der Waals surface area contributed by atoms with Gasteiger partial charge in [0.15, 0.2) is 0 Å². The highest BCUT2D eigenvalue weighted by atomic mass is 16.6. The van der Waals surface area contributed by atoms with Crippen molar-refractivity contribution in [2.24, 2.45) is 0 Å². The lowest BCUT2D eigenvalue weighted by Gasteiger charge is -2.15. The highest BCUT2D eigenvalue weighted by Gasteiger charge is 2.21. The first-order valence-electron chi connectivity index (χ1n) is 7.50. The molecule has 0 aliphatic heterocycles. The number of anilines is 1. The number of nitro benzene ring substituents is 1. The van der Waals surface area contributed by atoms with Gasteiger partial charge in [0.2, 0.25) is 5.91 Å². The molecule has 4 N–H and O–H groups in total. The van der Waals surface area contributed by atoms with Crippen molar-refractivity contribution in [3.63, 3.8) is 0 Å². The number of hydrogen-bond acceptors (Lipinski definition) is 6. The highest BCUT2D eigenvalue weighted by molar-refractivity contribution is 5.94. The molecule has 1 rings (SSSR count). The summed E-state index contributed by atoms with van der Waals surface area (Å²) in [5, 5.41) is 28.2. The molecule has 9 nitrogen and oxygen atoms in total. The van der Waals surface area contributed by atoms with E-state index in [1.807, 2.05) is 0 Å². The number of nitrogens with zero attached hydrogens (tertiary/aromatic N) is 1. The summed E-state index contributed by atoms with van der Waals surface area (Å²) in [4.78, 5) is 33.5. The van der Waals surface area contributed by atoms with Crippen LogP contribution in [-0.4, -0.2) is 48.1 Å². The minimum Gasteiger partial charge on any atom is -0.480 e. The van der Waals surface area contributed by atoms with E-state index in [0.29, 0.717) is 17.8 Å². The van der Waals surface area contributed by atoms with Gasteiger partial charge in [-0.25, -0.2) is 0 Å². The molecule has 0 saturated heterocycles. The largest absolute Gasteiger partial charge is 0.480 e. The van der Waals surface area contributed by atoms with Gasteiger partial charge < -0.3 is 21.1 Å². The Hall–Kier alpha value is -2.52. The third-order valence-corrected chi connectivity index (χ3v) is 3.39. The standard InChI is InChI=1S/C15H22N4O5/c1-10-4-5-11(19(23)24)8-12(10)18-14(20)9-13(15(21)22)17-7-3-6-16-2/h4-5,8,13,16-17H,3,6-7,9H2,1-2H3,(H,18,20)(H,21,22)/t13-/m0/s1. The molecule has 132 valence electrons. The number of amides is 1. The first-order chi connectivity index (χ1) is 11.3. The van der Waals surface area contributed by atoms with Crippen LogP contribution in [0.15, 0.2) is 18.2 Å². The first kappa shape index (κ1) is 19.5. The average Bonchev–Trinajstić information content (AvgIpc) is 2.52. The van der Waals surface area contributed by atoms with Crippen LogP contribution in [0.2, 0.25) is 0 Å². The second kappa shape index (κ2) is 9.58. The molecule has 0 aliphatic carbocycles. The second-order valence-corrected chi connectivity index (χ2v) is 5.31. The zero-order chi connectivity index (χ0) is 18.1. The Kier molecular flexibility index (Phi) is 7.80. The Labute approximate surface area is 139 Å². The molecule has 0 saturated carbocycles. The number of nitrogens with one attached hydrogen (secondary N) is 3. The number of carbonyl (C=O) groups is 2. The maximum absolute atomic E-state index is 12.1. The van der Waals surface area contributed by atoms with Crippen LogP contribution in [0.4, 0.5) is 11.4 Å². The number of carboxylic acid groups (broad SMARTS) is 1. The number of aliphatic carboxylic acids is 1. The van der Waals surface area contributed by atoms with Crippen molar-refractivity contribution >= 4 is 23.3 Å². The lowest BCUT2D eigenvalue weighted by atomic mass is 10.1. The first-order valence-corrected chi connectivity index (χ1v) is 7.50. The molecule has 0 aromatic heterocycles. The summed E-state index contributed by atoms with van der Waals surface area (Å²) in [7, 11) is 1.80. The molecule has 1 atom stereocenters. The molecule has 0 radical (unpaired) electrons. The number of rotatable bonds is 10. The van der Waals surface area contributed by atoms with Gasteiger partial charge in [-0.05, 0) is 39.0 Å². The molecule has 0 spiro atoms. The summed E-state index contributed by atoms with van der Waals surface area (Å²) < 4.78 is 0. The van der Waals surface area contributed by atoms with Crippen molar-refractivity contribution < 1.29 is 19.6 Å². The molecule has 9 heteroatoms. The Morgan fingerprint density at radius 2 is 2.04 bits per heavy atom. The topological polar surface area (TPSA) is 134 Å². The lowest BCUT2D eigenvalue weighted by molar-refractivity contribution is -0.384. The maximum Gasteiger partial charge on any atom is 0.321 e. The van der Waals surface area contributed by atoms with Crippen LogP contribution in [0.1, 0.15) is 18.4 Å². The molecule has 1 amide bonds. The van der Waals surface area contributed by atoms with Crippen LogP contribution in [0, 0.1) is 17.0 Å². The fraction of sp³-hybridized carbons (Fsp3) is 0.467. The number of nitro groups is 1. The Morgan fingerprint density at radius 3 is 2.62 bits per heavy atom. The van der Waals surface area contributed by atoms with Gasteiger partial charge in [-0.1, -0.05) is 6.07 Å². The van der Waals surface area contributed by atoms with E-state index in [9.17, 15) is 19.7 Å². The molecule has 1 aromatic carbocycles. The third-order valence-electron chi connectivity index (χ3n) is 3.39. The number of aryl methyl sites for hydroxylation is 1. The molecule has 0 unspecified atom stereocenters. The fourth-order valence-electron chi connectivity index (χ4n) is 2.03. The van der Waals surface area contributed by atoms with Crippen molar-refractivity contribution in [2.75, 3.05) is 25.5 Å². The maximum atomic E-state index is 12.1. The summed E-state index contributed by atoms with van der Waals surface area (Å²) in [5.41, 5.74) is 0.812. The lowest BCUT2D eigenvalue weighted by Crippen LogP contribution is -2.40. The Bertz CT molecular complexity index is 606. The highest BCUT2D eigenvalue weighted by Crippen LogP contribution is 2.22. The van der Waals surface area contributed by atoms with Crippen molar-refractivity contribution in [1.82, 2.24) is 10.6 Å². The number of carbonyl (C=O) groups excluding carboxylic acids is 1. The van der Waals surface area contributed by atoms with Crippen molar-refractivity contribution in [1.29, 1.82) is 0 Å². The summed E-state index contributed by atoms with van der Waals surface area (Å²) in [6.07, 6.45) is 0.461. The monoisotopic (exact) mass is 338 g/mol. The second-order valence-electron chi connectivity index (χ2n) is 5.31. The normalized spacial score (nSPS) is 11.8. The van der Waals surface area contributed by atoms with Gasteiger partial charge in [0.05, 0.1) is 17.0 Å². The van der Waals surface area contributed by atoms with E-state index in [2.05, 4.69) is 16.0 Å². The fourth-order valence-corrected chi connectivity index (χ4v) is 2.03. The predicted molar refractivity (Wildman–Crippen MR) is 89.1 cm³/mol. The van der Waals surface area contributed by atoms with Crippen molar-refractivity contribution in [3.05, 3.63) is 33.9 Å². The van der Waals surface area contributed by atoms with E-state index >= 15 is 0 Å². The van der Waals surface area contributed by atoms with Crippen LogP contribution in [0.25, 0.3) is 0 Å². The minimum atomic E-state index is -1.12. The van der Waals surface area contributed by atoms with E-state index in [4.69, 9.17) is 5.11 Å². The van der Waals surface area contributed by atoms with E-state index in [-0.39, 0.29) is 12.1 Å². The molecule has 24 heavy (non-hydrogen) atoms. The summed E-state index contributed by atoms with van der Waals surface area (Å²) in [5.74, 6) is -1.64. The van der Waals surface area contributed by atoms with Crippen LogP contribution in [-0.2, 0) is 9.59 Å². The molecule has 1 aromatic rings. The molecular formula is C15H22N4O5. The van der Waals surface area contributed by atoms with Crippen LogP contribution < -0.4 is 16.0 Å². The zero-order valence-corrected chi connectivity index (χ0v) is 13.7. The molecule has 0 heterocycles. The predicted octanol–water partition coefficient (Wildman–Crippen LogP) is 0.884. The quantitative estimate of drug-likeness (QED) is 0.283. The Balaban J connectivity index is 2.67. The SMILES string of the molecule is CNCCCN[C@@H](CC(=O)Nc1cc([N+](=O)[O-])ccc1C)C(=O)O. The van der Waals surface area contributed by atoms with Crippen LogP contribution in [0.5, 0.6) is 0 Å². The molecule has 0 aliphatic rings. The Morgan fingerprint density at radius 1 is 1.33 bits per heavy atom. The smallest absolute Gasteiger partial charge is 0.321 e. The summed E-state index contributed by atoms with van der Waals surface area (Å²) in [6, 6.07) is 3.11. The van der Waals surface area contributed by atoms with Gasteiger partial charge >= 0.3 is 5.97 Å². The van der Waals surface area contributed by atoms with Crippen molar-refractivity contribution in [3.8, 4) is 0 Å². The average molecular weight is 338 g/mol. The minimum absolute atomic E-state index is 0.143. The van der Waals surface area contributed by atoms with E-state index in [1.165, 1.54) is 18.2 Å². The number of benzene rings is 1. The molecular weight excluding hydrogens is 316 g/mol. The number of carboxylic acids is 1. The summed E-state index contributed by atoms with van der Waals surface area (Å²) >= 11 is 0. The van der Waals surface area contributed by atoms with Gasteiger partial charge in [0.1, 0.15) is 6.04 Å². The number of non-ortho nitro benzene ring substituents is 1. The molecule has 0 bridgehead atoms. The van der Waals surface area contributed by atoms with Crippen LogP contribution >= 0.6 is 0 Å². The van der Waals surface area contributed by atoms with Crippen molar-refractivity contribution in [2.45, 2.75) is 25.8 Å². The van der Waals surface area contributed by atoms with E-state index < -0.39 is 22.8 Å². The third kappa shape index (κ3) is 6.31. The van der Waals surface area contributed by atoms with E-state index in [0.717, 1.165) is 13.0 Å². The zero-order valence-electron chi connectivity index (χ0n) is 13.7.